The van der Waals surface area contributed by atoms with Crippen LogP contribution in [0.3, 0.4) is 0 Å². The molecule has 0 N–H and O–H groups in total. The number of hydrogen-bond acceptors (Lipinski definition) is 5. The summed E-state index contributed by atoms with van der Waals surface area (Å²) in [6, 6.07) is 106. The Balaban J connectivity index is 0.750. The fraction of sp³-hybridized carbons (Fsp3) is 0.0123. The summed E-state index contributed by atoms with van der Waals surface area (Å²) in [4.78, 5) is 16.3. The Morgan fingerprint density at radius 1 is 0.286 bits per heavy atom. The minimum Gasteiger partial charge on any atom is -0.457 e. The normalized spacial score (nSPS) is 11.9. The number of pyridine rings is 1. The lowest BCUT2D eigenvalue weighted by Crippen LogP contribution is -2.31. The van der Waals surface area contributed by atoms with Crippen molar-refractivity contribution in [2.24, 2.45) is 0 Å². The standard InChI is InChI=1S/C81H53N8O2/c1-3-19-59(20-4-1)87-76-31-14-9-25-70(76)82-79(87)56-45-57(80-83-71-26-10-15-32-77(71)88(80)60-21-5-2-6-22-60)47-58(46-56)81-84-72-27-11-16-33-78(72)89(81)62-39-42-63(43-40-62)90-65-48-55(49-66(50-65)91-64-41-36-54-52-85-44-18-17-28-73(85)69(54)51-64)53-34-37-61(38-35-53)86-74-29-12-7-23-67(74)68-24-8-13-30-75(68)86/h1-51H,52H2/q+1. The van der Waals surface area contributed by atoms with Crippen molar-refractivity contribution in [2.75, 3.05) is 0 Å². The zero-order valence-electron chi connectivity index (χ0n) is 49.0. The molecule has 1 aliphatic heterocycles. The van der Waals surface area contributed by atoms with Crippen LogP contribution in [-0.4, -0.2) is 33.2 Å². The van der Waals surface area contributed by atoms with Gasteiger partial charge in [-0.25, -0.2) is 15.0 Å². The van der Waals surface area contributed by atoms with Crippen LogP contribution in [0.5, 0.6) is 23.0 Å². The number of hydrogen-bond donors (Lipinski definition) is 0. The van der Waals surface area contributed by atoms with Crippen LogP contribution in [-0.2, 0) is 6.54 Å². The number of rotatable bonds is 12. The molecule has 5 aromatic heterocycles. The number of benzene rings is 12. The molecule has 0 spiro atoms. The van der Waals surface area contributed by atoms with E-state index in [2.05, 4.69) is 284 Å². The highest BCUT2D eigenvalue weighted by atomic mass is 16.5. The molecule has 18 rings (SSSR count). The molecule has 0 radical (unpaired) electrons. The summed E-state index contributed by atoms with van der Waals surface area (Å²) in [7, 11) is 0. The maximum absolute atomic E-state index is 6.94. The summed E-state index contributed by atoms with van der Waals surface area (Å²) in [6.45, 7) is 0.828. The van der Waals surface area contributed by atoms with E-state index in [4.69, 9.17) is 24.4 Å². The van der Waals surface area contributed by atoms with Crippen molar-refractivity contribution < 1.29 is 14.0 Å². The molecule has 6 heterocycles. The molecule has 12 aromatic carbocycles. The molecule has 10 heteroatoms. The molecular weight excluding hydrogens is 1120 g/mol. The third-order valence-electron chi connectivity index (χ3n) is 17.5. The van der Waals surface area contributed by atoms with Gasteiger partial charge in [-0.3, -0.25) is 13.7 Å². The topological polar surface area (TPSA) is 80.7 Å². The molecule has 0 bridgehead atoms. The second-order valence-electron chi connectivity index (χ2n) is 23.1. The summed E-state index contributed by atoms with van der Waals surface area (Å²) >= 11 is 0. The summed E-state index contributed by atoms with van der Waals surface area (Å²) in [5.74, 6) is 5.06. The Labute approximate surface area is 523 Å². The number of ether oxygens (including phenoxy) is 2. The van der Waals surface area contributed by atoms with Gasteiger partial charge >= 0.3 is 0 Å². The number of aromatic nitrogens is 8. The van der Waals surface area contributed by atoms with Crippen molar-refractivity contribution in [3.8, 4) is 102 Å². The third-order valence-corrected chi connectivity index (χ3v) is 17.5. The second kappa shape index (κ2) is 21.2. The van der Waals surface area contributed by atoms with E-state index >= 15 is 0 Å². The van der Waals surface area contributed by atoms with Gasteiger partial charge in [-0.1, -0.05) is 121 Å². The van der Waals surface area contributed by atoms with E-state index in [0.29, 0.717) is 17.2 Å². The summed E-state index contributed by atoms with van der Waals surface area (Å²) < 4.78 is 25.1. The Hall–Kier alpha value is -12.4. The highest BCUT2D eigenvalue weighted by Crippen LogP contribution is 2.42. The van der Waals surface area contributed by atoms with Gasteiger partial charge in [0.25, 0.3) is 0 Å². The first-order valence-electron chi connectivity index (χ1n) is 30.6. The Kier molecular flexibility index (Phi) is 12.1. The first kappa shape index (κ1) is 51.8. The molecule has 0 saturated heterocycles. The third kappa shape index (κ3) is 8.95. The fourth-order valence-electron chi connectivity index (χ4n) is 13.4. The van der Waals surface area contributed by atoms with Gasteiger partial charge in [0.15, 0.2) is 12.7 Å². The average Bonchev–Trinajstić information content (AvgIpc) is 1.71. The van der Waals surface area contributed by atoms with E-state index in [0.717, 1.165) is 113 Å². The number of imidazole rings is 3. The van der Waals surface area contributed by atoms with Crippen LogP contribution in [0.25, 0.3) is 134 Å². The van der Waals surface area contributed by atoms with E-state index in [1.165, 1.54) is 38.6 Å². The number of para-hydroxylation sites is 10. The molecule has 0 unspecified atom stereocenters. The van der Waals surface area contributed by atoms with E-state index in [-0.39, 0.29) is 0 Å². The zero-order chi connectivity index (χ0) is 59.9. The maximum Gasteiger partial charge on any atom is 0.213 e. The predicted octanol–water partition coefficient (Wildman–Crippen LogP) is 19.4. The van der Waals surface area contributed by atoms with Crippen LogP contribution in [0, 0.1) is 0 Å². The summed E-state index contributed by atoms with van der Waals surface area (Å²) in [6.07, 6.45) is 2.13. The molecule has 0 atom stereocenters. The smallest absolute Gasteiger partial charge is 0.213 e. The average molecular weight is 1170 g/mol. The molecule has 0 aliphatic carbocycles. The van der Waals surface area contributed by atoms with E-state index < -0.39 is 0 Å². The van der Waals surface area contributed by atoms with Gasteiger partial charge < -0.3 is 14.0 Å². The van der Waals surface area contributed by atoms with Gasteiger partial charge in [0.2, 0.25) is 5.69 Å². The first-order chi connectivity index (χ1) is 45.1. The van der Waals surface area contributed by atoms with Crippen molar-refractivity contribution in [2.45, 2.75) is 6.54 Å². The van der Waals surface area contributed by atoms with Crippen LogP contribution in [0.1, 0.15) is 5.56 Å². The molecule has 1 aliphatic rings. The first-order valence-corrected chi connectivity index (χ1v) is 30.6. The van der Waals surface area contributed by atoms with E-state index in [1.807, 2.05) is 48.5 Å². The minimum absolute atomic E-state index is 0.634. The molecular formula is C81H53N8O2+. The quantitative estimate of drug-likeness (QED) is 0.114. The minimum atomic E-state index is 0.634. The lowest BCUT2D eigenvalue weighted by Gasteiger charge is -2.16. The van der Waals surface area contributed by atoms with Crippen molar-refractivity contribution >= 4 is 54.9 Å². The van der Waals surface area contributed by atoms with Gasteiger partial charge in [0.1, 0.15) is 40.5 Å². The van der Waals surface area contributed by atoms with Crippen LogP contribution in [0.2, 0.25) is 0 Å². The summed E-state index contributed by atoms with van der Waals surface area (Å²) in [5.41, 5.74) is 20.2. The molecule has 428 valence electrons. The van der Waals surface area contributed by atoms with Crippen LogP contribution in [0.4, 0.5) is 0 Å². The number of nitrogens with zero attached hydrogens (tertiary/aromatic N) is 8. The van der Waals surface area contributed by atoms with Gasteiger partial charge in [0, 0.05) is 74.0 Å². The monoisotopic (exact) mass is 1170 g/mol. The van der Waals surface area contributed by atoms with Crippen molar-refractivity contribution in [3.63, 3.8) is 0 Å². The van der Waals surface area contributed by atoms with Crippen molar-refractivity contribution in [1.29, 1.82) is 0 Å². The van der Waals surface area contributed by atoms with Gasteiger partial charge in [-0.2, -0.15) is 4.57 Å². The molecule has 91 heavy (non-hydrogen) atoms. The molecule has 0 saturated carbocycles. The van der Waals surface area contributed by atoms with E-state index in [9.17, 15) is 0 Å². The lowest BCUT2D eigenvalue weighted by atomic mass is 10.0. The molecule has 17 aromatic rings. The molecule has 0 fully saturated rings. The van der Waals surface area contributed by atoms with Gasteiger partial charge in [-0.15, -0.1) is 0 Å². The lowest BCUT2D eigenvalue weighted by molar-refractivity contribution is -0.672. The molecule has 0 amide bonds. The van der Waals surface area contributed by atoms with Gasteiger partial charge in [0.05, 0.1) is 49.7 Å². The van der Waals surface area contributed by atoms with E-state index in [1.54, 1.807) is 0 Å². The Morgan fingerprint density at radius 2 is 0.703 bits per heavy atom. The van der Waals surface area contributed by atoms with Gasteiger partial charge in [-0.05, 0) is 175 Å². The molecule has 10 nitrogen and oxygen atoms in total. The predicted molar refractivity (Wildman–Crippen MR) is 364 cm³/mol. The highest BCUT2D eigenvalue weighted by molar-refractivity contribution is 6.09. The maximum atomic E-state index is 6.94. The number of fused-ring (bicyclic) bond motifs is 9. The zero-order valence-corrected chi connectivity index (χ0v) is 49.0. The second-order valence-corrected chi connectivity index (χ2v) is 23.1. The van der Waals surface area contributed by atoms with Crippen LogP contribution >= 0.6 is 0 Å². The highest BCUT2D eigenvalue weighted by Gasteiger charge is 2.27. The van der Waals surface area contributed by atoms with Crippen molar-refractivity contribution in [3.05, 3.63) is 315 Å². The Morgan fingerprint density at radius 3 is 1.23 bits per heavy atom. The Bertz CT molecular complexity index is 5500. The SMILES string of the molecule is c1ccc(-n2c(-c3cc(-c4nc5ccccc5n4-c4ccccc4)cc(-c4nc5ccccc5n4-c4ccc(Oc5cc(Oc6ccc7c(c6)-c6cccc[n+]6C7)cc(-c6ccc(-n7c8ccccc8c8ccccc87)cc6)c5)cc4)c3)nc3ccccc32)cc1. The fourth-order valence-corrected chi connectivity index (χ4v) is 13.4. The van der Waals surface area contributed by atoms with Crippen LogP contribution in [0.15, 0.2) is 310 Å². The van der Waals surface area contributed by atoms with Crippen LogP contribution < -0.4 is 14.0 Å². The van der Waals surface area contributed by atoms with Crippen molar-refractivity contribution in [1.82, 2.24) is 33.2 Å². The summed E-state index contributed by atoms with van der Waals surface area (Å²) in [5, 5.41) is 2.45. The largest absolute Gasteiger partial charge is 0.457 e.